The van der Waals surface area contributed by atoms with E-state index in [9.17, 15) is 13.2 Å². The summed E-state index contributed by atoms with van der Waals surface area (Å²) in [6.07, 6.45) is 2.67. The summed E-state index contributed by atoms with van der Waals surface area (Å²) >= 11 is 0. The lowest BCUT2D eigenvalue weighted by atomic mass is 10.1. The van der Waals surface area contributed by atoms with Crippen LogP contribution in [0.3, 0.4) is 0 Å². The number of carbonyl (C=O) groups is 1. The number of nitrogens with zero attached hydrogens (tertiary/aromatic N) is 2. The van der Waals surface area contributed by atoms with E-state index in [1.807, 2.05) is 6.07 Å². The van der Waals surface area contributed by atoms with Gasteiger partial charge >= 0.3 is 0 Å². The average Bonchev–Trinajstić information content (AvgIpc) is 3.04. The first-order valence-electron chi connectivity index (χ1n) is 9.08. The van der Waals surface area contributed by atoms with Gasteiger partial charge in [-0.15, -0.1) is 12.4 Å². The molecular formula is C19H22ClN3O3S. The monoisotopic (exact) mass is 407 g/mol. The zero-order valence-electron chi connectivity index (χ0n) is 15.0. The molecule has 144 valence electrons. The number of anilines is 1. The molecule has 1 amide bonds. The summed E-state index contributed by atoms with van der Waals surface area (Å²) in [7, 11) is -1.90. The summed E-state index contributed by atoms with van der Waals surface area (Å²) in [6.45, 7) is 1.56. The minimum Gasteiger partial charge on any atom is -0.315 e. The number of fused-ring (bicyclic) bond motifs is 2. The van der Waals surface area contributed by atoms with Crippen LogP contribution in [0.1, 0.15) is 29.6 Å². The summed E-state index contributed by atoms with van der Waals surface area (Å²) in [4.78, 5) is 14.4. The molecule has 27 heavy (non-hydrogen) atoms. The molecule has 2 aromatic rings. The van der Waals surface area contributed by atoms with E-state index in [-0.39, 0.29) is 30.4 Å². The molecule has 8 heteroatoms. The maximum Gasteiger partial charge on any atom is 0.258 e. The number of amides is 1. The van der Waals surface area contributed by atoms with Crippen LogP contribution in [0, 0.1) is 0 Å². The predicted molar refractivity (Wildman–Crippen MR) is 107 cm³/mol. The molecule has 3 heterocycles. The van der Waals surface area contributed by atoms with Gasteiger partial charge in [-0.3, -0.25) is 4.79 Å². The largest absolute Gasteiger partial charge is 0.315 e. The molecule has 2 aromatic carbocycles. The Balaban J connectivity index is 0.00000180. The highest BCUT2D eigenvalue weighted by molar-refractivity contribution is 7.89. The number of carbonyl (C=O) groups excluding carboxylic acids is 1. The molecule has 0 radical (unpaired) electrons. The van der Waals surface area contributed by atoms with Crippen LogP contribution in [0.15, 0.2) is 35.2 Å². The van der Waals surface area contributed by atoms with Gasteiger partial charge in [0.2, 0.25) is 10.0 Å². The Morgan fingerprint density at radius 2 is 1.85 bits per heavy atom. The van der Waals surface area contributed by atoms with Crippen LogP contribution < -0.4 is 10.2 Å². The zero-order valence-corrected chi connectivity index (χ0v) is 16.6. The molecule has 1 N–H and O–H groups in total. The van der Waals surface area contributed by atoms with Crippen LogP contribution in [0.25, 0.3) is 10.8 Å². The second-order valence-electron chi connectivity index (χ2n) is 7.39. The third-order valence-electron chi connectivity index (χ3n) is 6.02. The van der Waals surface area contributed by atoms with Crippen LogP contribution in [0.2, 0.25) is 0 Å². The molecule has 5 rings (SSSR count). The SMILES string of the molecule is CN1C(=O)c2cccc3c(S(=O)(=O)N4C5CCNCC4CC5)ccc1c23.Cl. The number of benzene rings is 2. The fourth-order valence-electron chi connectivity index (χ4n) is 4.78. The van der Waals surface area contributed by atoms with Gasteiger partial charge < -0.3 is 10.2 Å². The smallest absolute Gasteiger partial charge is 0.258 e. The van der Waals surface area contributed by atoms with E-state index in [4.69, 9.17) is 0 Å². The Labute approximate surface area is 165 Å². The molecule has 2 atom stereocenters. The fraction of sp³-hybridized carbons (Fsp3) is 0.421. The number of hydrogen-bond donors (Lipinski definition) is 1. The van der Waals surface area contributed by atoms with E-state index < -0.39 is 10.0 Å². The fourth-order valence-corrected chi connectivity index (χ4v) is 6.87. The molecule has 0 aromatic heterocycles. The third kappa shape index (κ3) is 2.52. The lowest BCUT2D eigenvalue weighted by molar-refractivity contribution is 0.0999. The van der Waals surface area contributed by atoms with Gasteiger partial charge in [-0.05, 0) is 44.0 Å². The van der Waals surface area contributed by atoms with Gasteiger partial charge in [0.1, 0.15) is 0 Å². The molecule has 0 spiro atoms. The highest BCUT2D eigenvalue weighted by Gasteiger charge is 2.44. The topological polar surface area (TPSA) is 69.7 Å². The van der Waals surface area contributed by atoms with Crippen LogP contribution in [-0.2, 0) is 10.0 Å². The molecule has 6 nitrogen and oxygen atoms in total. The predicted octanol–water partition coefficient (Wildman–Crippen LogP) is 2.37. The zero-order chi connectivity index (χ0) is 18.1. The van der Waals surface area contributed by atoms with E-state index in [0.29, 0.717) is 22.4 Å². The first-order chi connectivity index (χ1) is 12.5. The van der Waals surface area contributed by atoms with Crippen molar-refractivity contribution in [2.75, 3.05) is 25.0 Å². The van der Waals surface area contributed by atoms with Crippen LogP contribution >= 0.6 is 12.4 Å². The summed E-state index contributed by atoms with van der Waals surface area (Å²) in [5.41, 5.74) is 1.36. The van der Waals surface area contributed by atoms with Gasteiger partial charge in [-0.2, -0.15) is 4.31 Å². The van der Waals surface area contributed by atoms with E-state index in [1.54, 1.807) is 40.5 Å². The molecule has 2 bridgehead atoms. The van der Waals surface area contributed by atoms with Crippen molar-refractivity contribution in [2.45, 2.75) is 36.2 Å². The Morgan fingerprint density at radius 3 is 2.67 bits per heavy atom. The summed E-state index contributed by atoms with van der Waals surface area (Å²) in [5.74, 6) is -0.0841. The Bertz CT molecular complexity index is 1030. The second-order valence-corrected chi connectivity index (χ2v) is 9.20. The summed E-state index contributed by atoms with van der Waals surface area (Å²) in [5, 5.41) is 4.75. The highest BCUT2D eigenvalue weighted by Crippen LogP contribution is 2.42. The van der Waals surface area contributed by atoms with Crippen molar-refractivity contribution in [2.24, 2.45) is 0 Å². The Hall–Kier alpha value is -1.67. The molecule has 0 aliphatic carbocycles. The summed E-state index contributed by atoms with van der Waals surface area (Å²) in [6, 6.07) is 8.88. The number of nitrogens with one attached hydrogen (secondary N) is 1. The molecule has 2 unspecified atom stereocenters. The van der Waals surface area contributed by atoms with E-state index in [2.05, 4.69) is 5.32 Å². The standard InChI is InChI=1S/C19H21N3O3S.ClH/c1-21-16-7-8-17(14-3-2-4-15(18(14)16)19(21)23)26(24,25)22-12-5-6-13(22)11-20-10-9-12;/h2-4,7-8,12-13,20H,5-6,9-11H2,1H3;1H. The second kappa shape index (κ2) is 6.44. The van der Waals surface area contributed by atoms with Crippen LogP contribution in [-0.4, -0.2) is 50.9 Å². The molecule has 2 saturated heterocycles. The highest BCUT2D eigenvalue weighted by atomic mass is 35.5. The molecule has 3 aliphatic heterocycles. The third-order valence-corrected chi connectivity index (χ3v) is 8.08. The Morgan fingerprint density at radius 1 is 1.07 bits per heavy atom. The summed E-state index contributed by atoms with van der Waals surface area (Å²) < 4.78 is 29.0. The first-order valence-corrected chi connectivity index (χ1v) is 10.5. The lowest BCUT2D eigenvalue weighted by Gasteiger charge is -2.27. The van der Waals surface area contributed by atoms with Crippen molar-refractivity contribution in [1.82, 2.24) is 9.62 Å². The van der Waals surface area contributed by atoms with Gasteiger partial charge in [0.15, 0.2) is 0 Å². The van der Waals surface area contributed by atoms with E-state index >= 15 is 0 Å². The minimum atomic E-state index is -3.63. The Kier molecular flexibility index (Phi) is 4.46. The van der Waals surface area contributed by atoms with Crippen molar-refractivity contribution in [1.29, 1.82) is 0 Å². The molecular weight excluding hydrogens is 386 g/mol. The van der Waals surface area contributed by atoms with Crippen LogP contribution in [0.4, 0.5) is 5.69 Å². The number of rotatable bonds is 2. The van der Waals surface area contributed by atoms with Crippen molar-refractivity contribution >= 4 is 44.8 Å². The van der Waals surface area contributed by atoms with Crippen molar-refractivity contribution in [3.05, 3.63) is 35.9 Å². The van der Waals surface area contributed by atoms with Gasteiger partial charge in [-0.1, -0.05) is 12.1 Å². The first kappa shape index (κ1) is 18.7. The van der Waals surface area contributed by atoms with Crippen LogP contribution in [0.5, 0.6) is 0 Å². The maximum atomic E-state index is 13.6. The average molecular weight is 408 g/mol. The normalized spacial score (nSPS) is 24.9. The van der Waals surface area contributed by atoms with Crippen molar-refractivity contribution < 1.29 is 13.2 Å². The van der Waals surface area contributed by atoms with Gasteiger partial charge in [-0.25, -0.2) is 8.42 Å². The molecule has 2 fully saturated rings. The van der Waals surface area contributed by atoms with E-state index in [1.165, 1.54) is 0 Å². The maximum absolute atomic E-state index is 13.6. The molecule has 0 saturated carbocycles. The number of hydrogen-bond acceptors (Lipinski definition) is 4. The lowest BCUT2D eigenvalue weighted by Crippen LogP contribution is -2.42. The molecule has 3 aliphatic rings. The van der Waals surface area contributed by atoms with Gasteiger partial charge in [0.25, 0.3) is 5.91 Å². The number of halogens is 1. The number of sulfonamides is 1. The van der Waals surface area contributed by atoms with Crippen molar-refractivity contribution in [3.8, 4) is 0 Å². The van der Waals surface area contributed by atoms with Gasteiger partial charge in [0.05, 0.1) is 10.6 Å². The van der Waals surface area contributed by atoms with E-state index in [0.717, 1.165) is 36.9 Å². The van der Waals surface area contributed by atoms with Gasteiger partial charge in [0, 0.05) is 42.0 Å². The quantitative estimate of drug-likeness (QED) is 0.829. The minimum absolute atomic E-state index is 0. The van der Waals surface area contributed by atoms with Crippen molar-refractivity contribution in [3.63, 3.8) is 0 Å².